The second-order valence-corrected chi connectivity index (χ2v) is 5.17. The lowest BCUT2D eigenvalue weighted by Gasteiger charge is -2.22. The van der Waals surface area contributed by atoms with Crippen LogP contribution in [0.15, 0.2) is 6.07 Å². The van der Waals surface area contributed by atoms with Gasteiger partial charge in [-0.1, -0.05) is 6.92 Å². The molecule has 5 nitrogen and oxygen atoms in total. The summed E-state index contributed by atoms with van der Waals surface area (Å²) in [5.41, 5.74) is 1.01. The molecule has 1 atom stereocenters. The molecule has 5 heteroatoms. The smallest absolute Gasteiger partial charge is 0.144 e. The van der Waals surface area contributed by atoms with Gasteiger partial charge in [-0.3, -0.25) is 4.90 Å². The number of aryl methyl sites for hydroxylation is 1. The third-order valence-electron chi connectivity index (χ3n) is 3.38. The standard InChI is InChI=1S/C14H24N4O/c1-4-6-15-13-8-11(2)16-14(17-13)9-18(3)12-5-7-19-10-12/h8,12H,4-7,9-10H2,1-3H3,(H,15,16,17). The molecule has 1 N–H and O–H groups in total. The fraction of sp³-hybridized carbons (Fsp3) is 0.714. The number of hydrogen-bond donors (Lipinski definition) is 1. The van der Waals surface area contributed by atoms with Crippen molar-refractivity contribution in [3.63, 3.8) is 0 Å². The van der Waals surface area contributed by atoms with Gasteiger partial charge in [0.25, 0.3) is 0 Å². The van der Waals surface area contributed by atoms with Gasteiger partial charge < -0.3 is 10.1 Å². The minimum absolute atomic E-state index is 0.496. The molecule has 0 aromatic carbocycles. The zero-order valence-corrected chi connectivity index (χ0v) is 12.1. The Balaban J connectivity index is 2.00. The molecule has 0 spiro atoms. The molecule has 0 amide bonds. The molecule has 0 aliphatic carbocycles. The number of ether oxygens (including phenoxy) is 1. The fourth-order valence-electron chi connectivity index (χ4n) is 2.27. The van der Waals surface area contributed by atoms with Crippen molar-refractivity contribution in [1.29, 1.82) is 0 Å². The van der Waals surface area contributed by atoms with Crippen LogP contribution in [0.1, 0.15) is 31.3 Å². The summed E-state index contributed by atoms with van der Waals surface area (Å²) >= 11 is 0. The molecule has 1 fully saturated rings. The van der Waals surface area contributed by atoms with Crippen LogP contribution >= 0.6 is 0 Å². The SMILES string of the molecule is CCCNc1cc(C)nc(CN(C)C2CCOC2)n1. The van der Waals surface area contributed by atoms with Gasteiger partial charge in [0.1, 0.15) is 11.6 Å². The highest BCUT2D eigenvalue weighted by atomic mass is 16.5. The Morgan fingerprint density at radius 2 is 2.32 bits per heavy atom. The number of likely N-dealkylation sites (N-methyl/N-ethyl adjacent to an activating group) is 1. The highest BCUT2D eigenvalue weighted by Gasteiger charge is 2.21. The molecule has 0 saturated carbocycles. The van der Waals surface area contributed by atoms with E-state index in [-0.39, 0.29) is 0 Å². The predicted octanol–water partition coefficient (Wildman–Crippen LogP) is 1.83. The van der Waals surface area contributed by atoms with E-state index in [4.69, 9.17) is 4.74 Å². The van der Waals surface area contributed by atoms with Gasteiger partial charge in [0, 0.05) is 31.0 Å². The monoisotopic (exact) mass is 264 g/mol. The Morgan fingerprint density at radius 1 is 1.47 bits per heavy atom. The van der Waals surface area contributed by atoms with E-state index in [9.17, 15) is 0 Å². The van der Waals surface area contributed by atoms with E-state index in [2.05, 4.69) is 34.2 Å². The van der Waals surface area contributed by atoms with Gasteiger partial charge in [0.15, 0.2) is 0 Å². The van der Waals surface area contributed by atoms with E-state index < -0.39 is 0 Å². The van der Waals surface area contributed by atoms with E-state index in [1.807, 2.05) is 13.0 Å². The summed E-state index contributed by atoms with van der Waals surface area (Å²) in [4.78, 5) is 11.4. The third kappa shape index (κ3) is 4.14. The molecule has 2 heterocycles. The number of nitrogens with one attached hydrogen (secondary N) is 1. The summed E-state index contributed by atoms with van der Waals surface area (Å²) in [6, 6.07) is 2.49. The van der Waals surface area contributed by atoms with Crippen molar-refractivity contribution in [2.45, 2.75) is 39.3 Å². The first-order chi connectivity index (χ1) is 9.19. The normalized spacial score (nSPS) is 19.1. The van der Waals surface area contributed by atoms with Gasteiger partial charge >= 0.3 is 0 Å². The lowest BCUT2D eigenvalue weighted by molar-refractivity contribution is 0.155. The number of nitrogens with zero attached hydrogens (tertiary/aromatic N) is 3. The van der Waals surface area contributed by atoms with E-state index in [0.717, 1.165) is 56.5 Å². The Kier molecular flexibility index (Phi) is 5.10. The summed E-state index contributed by atoms with van der Waals surface area (Å²) in [6.45, 7) is 7.58. The molecular weight excluding hydrogens is 240 g/mol. The third-order valence-corrected chi connectivity index (χ3v) is 3.38. The summed E-state index contributed by atoms with van der Waals surface area (Å²) in [5.74, 6) is 1.81. The van der Waals surface area contributed by atoms with Gasteiger partial charge in [-0.2, -0.15) is 0 Å². The summed E-state index contributed by atoms with van der Waals surface area (Å²) in [5, 5.41) is 3.32. The van der Waals surface area contributed by atoms with E-state index >= 15 is 0 Å². The zero-order chi connectivity index (χ0) is 13.7. The number of anilines is 1. The predicted molar refractivity (Wildman–Crippen MR) is 76.2 cm³/mol. The molecule has 0 radical (unpaired) electrons. The van der Waals surface area contributed by atoms with E-state index in [1.54, 1.807) is 0 Å². The molecule has 2 rings (SSSR count). The van der Waals surface area contributed by atoms with Crippen LogP contribution in [0.5, 0.6) is 0 Å². The lowest BCUT2D eigenvalue weighted by Crippen LogP contribution is -2.32. The first-order valence-corrected chi connectivity index (χ1v) is 7.05. The van der Waals surface area contributed by atoms with Crippen molar-refractivity contribution < 1.29 is 4.74 Å². The quantitative estimate of drug-likeness (QED) is 0.849. The van der Waals surface area contributed by atoms with Crippen LogP contribution in [0.25, 0.3) is 0 Å². The number of rotatable bonds is 6. The van der Waals surface area contributed by atoms with E-state index in [0.29, 0.717) is 6.04 Å². The second-order valence-electron chi connectivity index (χ2n) is 5.17. The average molecular weight is 264 g/mol. The van der Waals surface area contributed by atoms with Gasteiger partial charge in [0.05, 0.1) is 13.2 Å². The molecule has 1 aliphatic rings. The van der Waals surface area contributed by atoms with Gasteiger partial charge in [-0.05, 0) is 26.8 Å². The molecule has 1 aromatic heterocycles. The number of aromatic nitrogens is 2. The maximum Gasteiger partial charge on any atom is 0.144 e. The maximum absolute atomic E-state index is 5.42. The van der Waals surface area contributed by atoms with Gasteiger partial charge in [-0.15, -0.1) is 0 Å². The topological polar surface area (TPSA) is 50.3 Å². The molecule has 1 aliphatic heterocycles. The molecular formula is C14H24N4O. The van der Waals surface area contributed by atoms with Crippen molar-refractivity contribution in [2.24, 2.45) is 0 Å². The van der Waals surface area contributed by atoms with Gasteiger partial charge in [0.2, 0.25) is 0 Å². The Hall–Kier alpha value is -1.20. The summed E-state index contributed by atoms with van der Waals surface area (Å²) < 4.78 is 5.42. The highest BCUT2D eigenvalue weighted by molar-refractivity contribution is 5.35. The molecule has 1 aromatic rings. The second kappa shape index (κ2) is 6.82. The molecule has 1 unspecified atom stereocenters. The zero-order valence-electron chi connectivity index (χ0n) is 12.1. The van der Waals surface area contributed by atoms with Crippen molar-refractivity contribution in [1.82, 2.24) is 14.9 Å². The Bertz CT molecular complexity index is 404. The Morgan fingerprint density at radius 3 is 3.00 bits per heavy atom. The molecule has 106 valence electrons. The average Bonchev–Trinajstić information content (AvgIpc) is 2.89. The van der Waals surface area contributed by atoms with Crippen LogP contribution in [0, 0.1) is 6.92 Å². The fourth-order valence-corrected chi connectivity index (χ4v) is 2.27. The van der Waals surface area contributed by atoms with Gasteiger partial charge in [-0.25, -0.2) is 9.97 Å². The Labute approximate surface area is 115 Å². The maximum atomic E-state index is 5.42. The lowest BCUT2D eigenvalue weighted by atomic mass is 10.2. The van der Waals surface area contributed by atoms with Crippen LogP contribution in [0.2, 0.25) is 0 Å². The van der Waals surface area contributed by atoms with Crippen LogP contribution in [-0.4, -0.2) is 47.7 Å². The molecule has 19 heavy (non-hydrogen) atoms. The first kappa shape index (κ1) is 14.2. The number of hydrogen-bond acceptors (Lipinski definition) is 5. The molecule has 1 saturated heterocycles. The largest absolute Gasteiger partial charge is 0.380 e. The van der Waals surface area contributed by atoms with E-state index in [1.165, 1.54) is 0 Å². The first-order valence-electron chi connectivity index (χ1n) is 7.05. The minimum Gasteiger partial charge on any atom is -0.380 e. The van der Waals surface area contributed by atoms with Crippen molar-refractivity contribution >= 4 is 5.82 Å². The van der Waals surface area contributed by atoms with Crippen molar-refractivity contribution in [3.05, 3.63) is 17.6 Å². The van der Waals surface area contributed by atoms with Crippen LogP contribution in [-0.2, 0) is 11.3 Å². The van der Waals surface area contributed by atoms with Crippen molar-refractivity contribution in [3.8, 4) is 0 Å². The minimum atomic E-state index is 0.496. The van der Waals surface area contributed by atoms with Crippen LogP contribution < -0.4 is 5.32 Å². The molecule has 0 bridgehead atoms. The highest BCUT2D eigenvalue weighted by Crippen LogP contribution is 2.14. The summed E-state index contributed by atoms with van der Waals surface area (Å²) in [6.07, 6.45) is 2.20. The summed E-state index contributed by atoms with van der Waals surface area (Å²) in [7, 11) is 2.12. The van der Waals surface area contributed by atoms with Crippen LogP contribution in [0.3, 0.4) is 0 Å². The van der Waals surface area contributed by atoms with Crippen molar-refractivity contribution in [2.75, 3.05) is 32.1 Å². The van der Waals surface area contributed by atoms with Crippen LogP contribution in [0.4, 0.5) is 5.82 Å².